The van der Waals surface area contributed by atoms with E-state index in [9.17, 15) is 8.42 Å². The van der Waals surface area contributed by atoms with Gasteiger partial charge in [-0.05, 0) is 18.5 Å². The third-order valence-electron chi connectivity index (χ3n) is 2.55. The largest absolute Gasteiger partial charge is 0.481 e. The first-order valence-electron chi connectivity index (χ1n) is 5.89. The molecule has 0 saturated carbocycles. The quantitative estimate of drug-likeness (QED) is 0.685. The predicted octanol–water partition coefficient (Wildman–Crippen LogP) is -0.295. The van der Waals surface area contributed by atoms with Crippen LogP contribution in [0.4, 0.5) is 0 Å². The summed E-state index contributed by atoms with van der Waals surface area (Å²) in [6.07, 6.45) is 2.20. The fourth-order valence-electron chi connectivity index (χ4n) is 1.36. The van der Waals surface area contributed by atoms with Gasteiger partial charge >= 0.3 is 0 Å². The van der Waals surface area contributed by atoms with E-state index in [1.54, 1.807) is 18.3 Å². The van der Waals surface area contributed by atoms with Crippen LogP contribution in [-0.2, 0) is 16.8 Å². The molecule has 0 saturated heterocycles. The number of nitrogens with two attached hydrogens (primary N) is 1. The molecule has 0 aliphatic heterocycles. The van der Waals surface area contributed by atoms with Gasteiger partial charge in [-0.1, -0.05) is 6.07 Å². The van der Waals surface area contributed by atoms with Crippen molar-refractivity contribution in [2.75, 3.05) is 27.2 Å². The second-order valence-corrected chi connectivity index (χ2v) is 5.86. The molecule has 1 aromatic rings. The molecule has 3 N–H and O–H groups in total. The van der Waals surface area contributed by atoms with Crippen molar-refractivity contribution >= 4 is 10.2 Å². The van der Waals surface area contributed by atoms with Crippen LogP contribution in [0.25, 0.3) is 0 Å². The average molecular weight is 288 g/mol. The lowest BCUT2D eigenvalue weighted by Crippen LogP contribution is -2.38. The van der Waals surface area contributed by atoms with Crippen LogP contribution >= 0.6 is 0 Å². The normalized spacial score (nSPS) is 11.8. The number of nitrogens with one attached hydrogen (secondary N) is 1. The molecule has 19 heavy (non-hydrogen) atoms. The maximum Gasteiger partial charge on any atom is 0.279 e. The van der Waals surface area contributed by atoms with E-state index in [4.69, 9.17) is 10.5 Å². The van der Waals surface area contributed by atoms with Gasteiger partial charge in [-0.15, -0.1) is 0 Å². The van der Waals surface area contributed by atoms with Crippen LogP contribution in [0, 0.1) is 0 Å². The summed E-state index contributed by atoms with van der Waals surface area (Å²) in [5.41, 5.74) is 6.11. The van der Waals surface area contributed by atoms with Crippen molar-refractivity contribution < 1.29 is 13.2 Å². The molecule has 1 aromatic heterocycles. The van der Waals surface area contributed by atoms with Gasteiger partial charge in [0.1, 0.15) is 0 Å². The van der Waals surface area contributed by atoms with Crippen molar-refractivity contribution in [2.45, 2.75) is 13.0 Å². The SMILES string of the molecule is COc1ccc(CNS(=O)(=O)N(C)CCCN)cn1. The summed E-state index contributed by atoms with van der Waals surface area (Å²) in [6, 6.07) is 3.44. The topological polar surface area (TPSA) is 97.5 Å². The summed E-state index contributed by atoms with van der Waals surface area (Å²) >= 11 is 0. The number of nitrogens with zero attached hydrogens (tertiary/aromatic N) is 2. The van der Waals surface area contributed by atoms with Crippen LogP contribution < -0.4 is 15.2 Å². The molecule has 0 fully saturated rings. The summed E-state index contributed by atoms with van der Waals surface area (Å²) in [5.74, 6) is 0.492. The molecule has 0 spiro atoms. The van der Waals surface area contributed by atoms with Crippen LogP contribution in [0.1, 0.15) is 12.0 Å². The van der Waals surface area contributed by atoms with Gasteiger partial charge in [-0.25, -0.2) is 4.98 Å². The molecule has 0 atom stereocenters. The Morgan fingerprint density at radius 1 is 1.47 bits per heavy atom. The summed E-state index contributed by atoms with van der Waals surface area (Å²) in [6.45, 7) is 1.04. The summed E-state index contributed by atoms with van der Waals surface area (Å²) in [7, 11) is -0.435. The van der Waals surface area contributed by atoms with Gasteiger partial charge in [0.2, 0.25) is 5.88 Å². The zero-order valence-electron chi connectivity index (χ0n) is 11.2. The minimum absolute atomic E-state index is 0.187. The van der Waals surface area contributed by atoms with Crippen molar-refractivity contribution in [3.05, 3.63) is 23.9 Å². The molecule has 108 valence electrons. The van der Waals surface area contributed by atoms with Gasteiger partial charge in [0.05, 0.1) is 7.11 Å². The van der Waals surface area contributed by atoms with Gasteiger partial charge < -0.3 is 10.5 Å². The Balaban J connectivity index is 2.54. The Morgan fingerprint density at radius 3 is 2.74 bits per heavy atom. The number of hydrogen-bond donors (Lipinski definition) is 2. The highest BCUT2D eigenvalue weighted by atomic mass is 32.2. The lowest BCUT2D eigenvalue weighted by atomic mass is 10.3. The van der Waals surface area contributed by atoms with E-state index in [-0.39, 0.29) is 6.54 Å². The van der Waals surface area contributed by atoms with Gasteiger partial charge in [-0.3, -0.25) is 0 Å². The van der Waals surface area contributed by atoms with Gasteiger partial charge in [0.15, 0.2) is 0 Å². The molecular weight excluding hydrogens is 268 g/mol. The van der Waals surface area contributed by atoms with Crippen LogP contribution in [0.5, 0.6) is 5.88 Å². The van der Waals surface area contributed by atoms with Crippen molar-refractivity contribution in [1.82, 2.24) is 14.0 Å². The molecule has 0 amide bonds. The van der Waals surface area contributed by atoms with Crippen LogP contribution in [0.2, 0.25) is 0 Å². The first-order chi connectivity index (χ1) is 8.99. The highest BCUT2D eigenvalue weighted by Gasteiger charge is 2.16. The molecule has 8 heteroatoms. The predicted molar refractivity (Wildman–Crippen MR) is 72.8 cm³/mol. The standard InChI is InChI=1S/C11H20N4O3S/c1-15(7-3-6-12)19(16,17)14-9-10-4-5-11(18-2)13-8-10/h4-5,8,14H,3,6-7,9,12H2,1-2H3. The monoisotopic (exact) mass is 288 g/mol. The lowest BCUT2D eigenvalue weighted by Gasteiger charge is -2.17. The molecule has 0 bridgehead atoms. The van der Waals surface area contributed by atoms with E-state index in [0.29, 0.717) is 25.4 Å². The molecule has 0 aliphatic rings. The second kappa shape index (κ2) is 7.39. The number of aromatic nitrogens is 1. The molecule has 0 unspecified atom stereocenters. The van der Waals surface area contributed by atoms with Gasteiger partial charge in [0.25, 0.3) is 10.2 Å². The smallest absolute Gasteiger partial charge is 0.279 e. The van der Waals surface area contributed by atoms with E-state index >= 15 is 0 Å². The first-order valence-corrected chi connectivity index (χ1v) is 7.33. The number of pyridine rings is 1. The fourth-order valence-corrected chi connectivity index (χ4v) is 2.29. The minimum atomic E-state index is -3.48. The zero-order chi connectivity index (χ0) is 14.3. The average Bonchev–Trinajstić information content (AvgIpc) is 2.43. The van der Waals surface area contributed by atoms with Crippen LogP contribution in [0.3, 0.4) is 0 Å². The lowest BCUT2D eigenvalue weighted by molar-refractivity contribution is 0.397. The number of methoxy groups -OCH3 is 1. The van der Waals surface area contributed by atoms with Crippen molar-refractivity contribution in [3.8, 4) is 5.88 Å². The second-order valence-electron chi connectivity index (χ2n) is 4.00. The zero-order valence-corrected chi connectivity index (χ0v) is 12.0. The van der Waals surface area contributed by atoms with E-state index < -0.39 is 10.2 Å². The minimum Gasteiger partial charge on any atom is -0.481 e. The molecule has 1 heterocycles. The Labute approximate surface area is 113 Å². The third-order valence-corrected chi connectivity index (χ3v) is 4.07. The van der Waals surface area contributed by atoms with Crippen LogP contribution in [0.15, 0.2) is 18.3 Å². The highest BCUT2D eigenvalue weighted by Crippen LogP contribution is 2.07. The van der Waals surface area contributed by atoms with Crippen molar-refractivity contribution in [2.24, 2.45) is 5.73 Å². The van der Waals surface area contributed by atoms with Gasteiger partial charge in [0, 0.05) is 32.4 Å². The van der Waals surface area contributed by atoms with Crippen molar-refractivity contribution in [1.29, 1.82) is 0 Å². The number of rotatable bonds is 8. The molecule has 7 nitrogen and oxygen atoms in total. The first kappa shape index (κ1) is 15.8. The summed E-state index contributed by atoms with van der Waals surface area (Å²) in [4.78, 5) is 4.01. The maximum absolute atomic E-state index is 11.9. The Kier molecular flexibility index (Phi) is 6.16. The van der Waals surface area contributed by atoms with Gasteiger partial charge in [-0.2, -0.15) is 17.4 Å². The Morgan fingerprint density at radius 2 is 2.21 bits per heavy atom. The summed E-state index contributed by atoms with van der Waals surface area (Å²) in [5, 5.41) is 0. The Bertz CT molecular complexity index is 475. The van der Waals surface area contributed by atoms with Crippen LogP contribution in [-0.4, -0.2) is 45.0 Å². The maximum atomic E-state index is 11.9. The molecule has 0 radical (unpaired) electrons. The van der Waals surface area contributed by atoms with E-state index in [1.165, 1.54) is 18.5 Å². The Hall–Kier alpha value is -1.22. The van der Waals surface area contributed by atoms with E-state index in [0.717, 1.165) is 5.56 Å². The summed E-state index contributed by atoms with van der Waals surface area (Å²) < 4.78 is 32.4. The highest BCUT2D eigenvalue weighted by molar-refractivity contribution is 7.87. The molecule has 1 rings (SSSR count). The van der Waals surface area contributed by atoms with E-state index in [2.05, 4.69) is 9.71 Å². The molecular formula is C11H20N4O3S. The van der Waals surface area contributed by atoms with Crippen molar-refractivity contribution in [3.63, 3.8) is 0 Å². The molecule has 0 aliphatic carbocycles. The fraction of sp³-hybridized carbons (Fsp3) is 0.545. The molecule has 0 aromatic carbocycles. The number of hydrogen-bond acceptors (Lipinski definition) is 5. The third kappa shape index (κ3) is 5.11. The van der Waals surface area contributed by atoms with E-state index in [1.807, 2.05) is 0 Å². The number of ether oxygens (including phenoxy) is 1.